The Bertz CT molecular complexity index is 351. The van der Waals surface area contributed by atoms with Gasteiger partial charge in [-0.2, -0.15) is 15.4 Å². The maximum Gasteiger partial charge on any atom is 0.273 e. The van der Waals surface area contributed by atoms with Crippen LogP contribution in [0.1, 0.15) is 23.3 Å². The summed E-state index contributed by atoms with van der Waals surface area (Å²) in [5, 5.41) is 15.0. The van der Waals surface area contributed by atoms with Gasteiger partial charge in [0, 0.05) is 19.0 Å². The first kappa shape index (κ1) is 9.63. The molecule has 0 saturated carbocycles. The lowest BCUT2D eigenvalue weighted by Crippen LogP contribution is -2.47. The van der Waals surface area contributed by atoms with Gasteiger partial charge in [-0.3, -0.25) is 9.59 Å². The molecule has 0 aliphatic carbocycles. The number of rotatable bonds is 2. The Labute approximate surface area is 85.6 Å². The molecule has 1 aromatic heterocycles. The minimum absolute atomic E-state index is 0.0214. The smallest absolute Gasteiger partial charge is 0.273 e. The second-order valence-corrected chi connectivity index (χ2v) is 3.37. The molecule has 2 rings (SSSR count). The Morgan fingerprint density at radius 2 is 2.47 bits per heavy atom. The molecule has 80 valence electrons. The van der Waals surface area contributed by atoms with Gasteiger partial charge in [-0.15, -0.1) is 0 Å². The van der Waals surface area contributed by atoms with Crippen molar-refractivity contribution in [3.63, 3.8) is 0 Å². The molecule has 7 nitrogen and oxygen atoms in total. The van der Waals surface area contributed by atoms with Crippen LogP contribution in [0.4, 0.5) is 0 Å². The van der Waals surface area contributed by atoms with Crippen molar-refractivity contribution < 1.29 is 9.59 Å². The number of H-pyrrole nitrogens is 1. The highest BCUT2D eigenvalue weighted by Crippen LogP contribution is 2.03. The molecule has 1 aliphatic heterocycles. The standard InChI is InChI=1S/C8H11N5O2/c14-7-2-1-5(3-9-7)11-8(15)6-4-10-13-12-6/h4-5H,1-3H2,(H,9,14)(H,11,15)(H,10,12,13). The van der Waals surface area contributed by atoms with Crippen molar-refractivity contribution in [2.45, 2.75) is 18.9 Å². The number of aromatic amines is 1. The van der Waals surface area contributed by atoms with Crippen molar-refractivity contribution in [2.75, 3.05) is 6.54 Å². The summed E-state index contributed by atoms with van der Waals surface area (Å²) in [6.07, 6.45) is 2.47. The molecule has 3 N–H and O–H groups in total. The van der Waals surface area contributed by atoms with Crippen LogP contribution in [0.15, 0.2) is 6.20 Å². The quantitative estimate of drug-likeness (QED) is 0.570. The molecule has 1 fully saturated rings. The van der Waals surface area contributed by atoms with E-state index in [-0.39, 0.29) is 23.6 Å². The summed E-state index contributed by atoms with van der Waals surface area (Å²) in [7, 11) is 0. The molecule has 0 aromatic carbocycles. The third-order valence-corrected chi connectivity index (χ3v) is 2.25. The Balaban J connectivity index is 1.87. The molecule has 0 spiro atoms. The maximum absolute atomic E-state index is 11.5. The van der Waals surface area contributed by atoms with Crippen LogP contribution >= 0.6 is 0 Å². The van der Waals surface area contributed by atoms with Crippen molar-refractivity contribution >= 4 is 11.8 Å². The van der Waals surface area contributed by atoms with Crippen LogP contribution in [0, 0.1) is 0 Å². The summed E-state index contributed by atoms with van der Waals surface area (Å²) in [6, 6.07) is -0.0214. The number of nitrogens with one attached hydrogen (secondary N) is 3. The van der Waals surface area contributed by atoms with Gasteiger partial charge in [-0.05, 0) is 6.42 Å². The van der Waals surface area contributed by atoms with Crippen molar-refractivity contribution in [3.8, 4) is 0 Å². The van der Waals surface area contributed by atoms with Crippen molar-refractivity contribution in [2.24, 2.45) is 0 Å². The van der Waals surface area contributed by atoms with Crippen LogP contribution in [-0.4, -0.2) is 39.8 Å². The second kappa shape index (κ2) is 4.07. The minimum Gasteiger partial charge on any atom is -0.354 e. The number of hydrogen-bond acceptors (Lipinski definition) is 4. The first-order valence-electron chi connectivity index (χ1n) is 4.69. The van der Waals surface area contributed by atoms with Crippen LogP contribution in [0.3, 0.4) is 0 Å². The van der Waals surface area contributed by atoms with Crippen LogP contribution in [0.25, 0.3) is 0 Å². The average molecular weight is 209 g/mol. The fourth-order valence-corrected chi connectivity index (χ4v) is 1.43. The lowest BCUT2D eigenvalue weighted by Gasteiger charge is -2.22. The lowest BCUT2D eigenvalue weighted by molar-refractivity contribution is -0.122. The average Bonchev–Trinajstić information content (AvgIpc) is 2.74. The Morgan fingerprint density at radius 1 is 1.60 bits per heavy atom. The summed E-state index contributed by atoms with van der Waals surface area (Å²) in [5.41, 5.74) is 0.256. The Hall–Kier alpha value is -1.92. The fraction of sp³-hybridized carbons (Fsp3) is 0.500. The van der Waals surface area contributed by atoms with Gasteiger partial charge >= 0.3 is 0 Å². The molecule has 1 aliphatic rings. The zero-order valence-corrected chi connectivity index (χ0v) is 7.99. The molecule has 0 bridgehead atoms. The van der Waals surface area contributed by atoms with Gasteiger partial charge in [0.25, 0.3) is 5.91 Å². The van der Waals surface area contributed by atoms with Gasteiger partial charge in [0.05, 0.1) is 6.20 Å². The first-order chi connectivity index (χ1) is 7.25. The largest absolute Gasteiger partial charge is 0.354 e. The van der Waals surface area contributed by atoms with Gasteiger partial charge in [-0.1, -0.05) is 0 Å². The van der Waals surface area contributed by atoms with E-state index in [9.17, 15) is 9.59 Å². The van der Waals surface area contributed by atoms with Crippen molar-refractivity contribution in [3.05, 3.63) is 11.9 Å². The summed E-state index contributed by atoms with van der Waals surface area (Å²) in [5.74, 6) is -0.244. The number of aromatic nitrogens is 3. The third-order valence-electron chi connectivity index (χ3n) is 2.25. The van der Waals surface area contributed by atoms with E-state index in [2.05, 4.69) is 26.0 Å². The lowest BCUT2D eigenvalue weighted by atomic mass is 10.1. The summed E-state index contributed by atoms with van der Waals surface area (Å²) >= 11 is 0. The Kier molecular flexibility index (Phi) is 2.61. The highest BCUT2D eigenvalue weighted by Gasteiger charge is 2.20. The van der Waals surface area contributed by atoms with E-state index >= 15 is 0 Å². The highest BCUT2D eigenvalue weighted by atomic mass is 16.2. The first-order valence-corrected chi connectivity index (χ1v) is 4.69. The van der Waals surface area contributed by atoms with Gasteiger partial charge in [0.1, 0.15) is 0 Å². The minimum atomic E-state index is -0.273. The number of nitrogens with zero attached hydrogens (tertiary/aromatic N) is 2. The monoisotopic (exact) mass is 209 g/mol. The predicted octanol–water partition coefficient (Wildman–Crippen LogP) is -1.19. The molecular weight excluding hydrogens is 198 g/mol. The van der Waals surface area contributed by atoms with Gasteiger partial charge in [0.15, 0.2) is 5.69 Å². The maximum atomic E-state index is 11.5. The zero-order chi connectivity index (χ0) is 10.7. The number of carbonyl (C=O) groups excluding carboxylic acids is 2. The van der Waals surface area contributed by atoms with Crippen molar-refractivity contribution in [1.29, 1.82) is 0 Å². The van der Waals surface area contributed by atoms with Gasteiger partial charge in [-0.25, -0.2) is 0 Å². The molecular formula is C8H11N5O2. The van der Waals surface area contributed by atoms with E-state index in [1.54, 1.807) is 0 Å². The molecule has 15 heavy (non-hydrogen) atoms. The number of carbonyl (C=O) groups is 2. The van der Waals surface area contributed by atoms with E-state index in [0.717, 1.165) is 0 Å². The van der Waals surface area contributed by atoms with Crippen LogP contribution in [0.5, 0.6) is 0 Å². The molecule has 1 aromatic rings. The number of hydrogen-bond donors (Lipinski definition) is 3. The van der Waals surface area contributed by atoms with Crippen LogP contribution in [0.2, 0.25) is 0 Å². The van der Waals surface area contributed by atoms with E-state index in [0.29, 0.717) is 19.4 Å². The SMILES string of the molecule is O=C1CCC(NC(=O)c2cn[nH]n2)CN1. The molecule has 1 unspecified atom stereocenters. The van der Waals surface area contributed by atoms with E-state index in [4.69, 9.17) is 0 Å². The molecule has 7 heteroatoms. The third kappa shape index (κ3) is 2.30. The molecule has 2 heterocycles. The van der Waals surface area contributed by atoms with Crippen molar-refractivity contribution in [1.82, 2.24) is 26.0 Å². The fourth-order valence-electron chi connectivity index (χ4n) is 1.43. The van der Waals surface area contributed by atoms with E-state index in [1.807, 2.05) is 0 Å². The van der Waals surface area contributed by atoms with E-state index in [1.165, 1.54) is 6.20 Å². The molecule has 0 radical (unpaired) electrons. The highest BCUT2D eigenvalue weighted by molar-refractivity contribution is 5.92. The molecule has 1 atom stereocenters. The summed E-state index contributed by atoms with van der Waals surface area (Å²) in [6.45, 7) is 0.475. The normalized spacial score (nSPS) is 20.8. The predicted molar refractivity (Wildman–Crippen MR) is 49.9 cm³/mol. The van der Waals surface area contributed by atoms with E-state index < -0.39 is 0 Å². The molecule has 1 saturated heterocycles. The Morgan fingerprint density at radius 3 is 3.07 bits per heavy atom. The van der Waals surface area contributed by atoms with Crippen LogP contribution in [-0.2, 0) is 4.79 Å². The second-order valence-electron chi connectivity index (χ2n) is 3.37. The summed E-state index contributed by atoms with van der Waals surface area (Å²) < 4.78 is 0. The molecule has 2 amide bonds. The van der Waals surface area contributed by atoms with Crippen LogP contribution < -0.4 is 10.6 Å². The summed E-state index contributed by atoms with van der Waals surface area (Å²) in [4.78, 5) is 22.4. The zero-order valence-electron chi connectivity index (χ0n) is 7.99. The topological polar surface area (TPSA) is 99.8 Å². The van der Waals surface area contributed by atoms with Gasteiger partial charge < -0.3 is 10.6 Å². The number of amides is 2. The number of piperidine rings is 1. The van der Waals surface area contributed by atoms with Gasteiger partial charge in [0.2, 0.25) is 5.91 Å².